The number of amides is 2. The molecule has 9 atom stereocenters. The summed E-state index contributed by atoms with van der Waals surface area (Å²) < 4.78 is 54.9. The lowest BCUT2D eigenvalue weighted by Crippen LogP contribution is -2.66. The molecule has 1 fully saturated rings. The maximum Gasteiger partial charge on any atom is 0.470 e. The van der Waals surface area contributed by atoms with Crippen LogP contribution in [0.25, 0.3) is 0 Å². The molecule has 0 aromatic rings. The van der Waals surface area contributed by atoms with Gasteiger partial charge in [0.15, 0.2) is 18.4 Å². The monoisotopic (exact) mass is 1490 g/mol. The number of aliphatic carboxylic acids is 1. The molecular formula is C81H151N2O19P. The van der Waals surface area contributed by atoms with Crippen LogP contribution in [0.4, 0.5) is 0 Å². The van der Waals surface area contributed by atoms with Gasteiger partial charge in [-0.2, -0.15) is 0 Å². The molecule has 1 heterocycles. The van der Waals surface area contributed by atoms with Crippen LogP contribution in [0, 0.1) is 0 Å². The van der Waals surface area contributed by atoms with Crippen LogP contribution in [0.15, 0.2) is 0 Å². The lowest BCUT2D eigenvalue weighted by molar-refractivity contribution is -0.272. The standard InChI is InChI=1S/C81H151N2O19P/c1-7-13-19-25-31-34-40-43-49-55-66(97-73(87)58-52-46-37-28-22-16-10-4)61-71(85)82-69(80(91)92)65-96-81-77(83-72(86)62-67(56-50-44-41-35-32-26-20-14-8-2)98-74(88)59-53-47-38-29-23-17-11-5)79(78(70(64-84)100-81)102-103(93,94)95)101-76(90)63-68(57-51-45-42-36-33-27-21-15-9-3)99-75(89)60-54-48-39-30-24-18-12-6/h66-70,77-79,81,84H,7-65H2,1-6H3,(H,82,85)(H,83,86)(H,91,92)(H2,93,94,95)/t66?,67?,68?,69-,70?,77?,78?,79?,81?/m1/s1. The molecule has 6 N–H and O–H groups in total. The zero-order valence-corrected chi connectivity index (χ0v) is 66.7. The van der Waals surface area contributed by atoms with Crippen molar-refractivity contribution >= 4 is 49.5 Å². The second-order valence-electron chi connectivity index (χ2n) is 29.5. The fourth-order valence-corrected chi connectivity index (χ4v) is 14.1. The number of unbranched alkanes of at least 4 members (excludes halogenated alkanes) is 42. The highest BCUT2D eigenvalue weighted by atomic mass is 31.2. The first-order valence-electron chi connectivity index (χ1n) is 42.1. The van der Waals surface area contributed by atoms with Crippen LogP contribution in [0.3, 0.4) is 0 Å². The van der Waals surface area contributed by atoms with Crippen LogP contribution in [0.2, 0.25) is 0 Å². The average molecular weight is 1490 g/mol. The Hall–Kier alpha value is -3.72. The highest BCUT2D eigenvalue weighted by molar-refractivity contribution is 7.46. The number of esters is 4. The Morgan fingerprint density at radius 3 is 1.01 bits per heavy atom. The van der Waals surface area contributed by atoms with Crippen molar-refractivity contribution in [2.45, 2.75) is 463 Å². The molecule has 1 saturated heterocycles. The minimum atomic E-state index is -5.56. The van der Waals surface area contributed by atoms with Crippen LogP contribution >= 0.6 is 7.82 Å². The maximum atomic E-state index is 14.8. The highest BCUT2D eigenvalue weighted by Crippen LogP contribution is 2.42. The average Bonchev–Trinajstić information content (AvgIpc) is 0.780. The second-order valence-corrected chi connectivity index (χ2v) is 30.7. The number of carboxylic acid groups (broad SMARTS) is 1. The molecule has 8 unspecified atom stereocenters. The van der Waals surface area contributed by atoms with Crippen LogP contribution < -0.4 is 10.6 Å². The number of carboxylic acids is 1. The van der Waals surface area contributed by atoms with Gasteiger partial charge in [0.05, 0.1) is 32.5 Å². The third kappa shape index (κ3) is 55.4. The summed E-state index contributed by atoms with van der Waals surface area (Å²) in [7, 11) is -5.56. The van der Waals surface area contributed by atoms with Crippen molar-refractivity contribution in [1.82, 2.24) is 10.6 Å². The Bertz CT molecular complexity index is 2170. The molecule has 0 saturated carbocycles. The SMILES string of the molecule is CCCCCCCCCCCC(CC(=O)NC1C(OC[C@@H](NC(=O)CC(CCCCCCCCCCC)OC(=O)CCCCCCCCC)C(=O)O)OC(CO)C(OP(=O)(O)O)C1OC(=O)CC(CCCCCCCCCCC)OC(=O)CCCCCCCCC)OC(=O)CCCCCCCCC. The van der Waals surface area contributed by atoms with E-state index in [1.807, 2.05) is 0 Å². The lowest BCUT2D eigenvalue weighted by Gasteiger charge is -2.45. The van der Waals surface area contributed by atoms with Gasteiger partial charge in [0, 0.05) is 19.3 Å². The van der Waals surface area contributed by atoms with Gasteiger partial charge in [0.2, 0.25) is 11.8 Å². The number of ether oxygens (including phenoxy) is 6. The van der Waals surface area contributed by atoms with Crippen molar-refractivity contribution in [1.29, 1.82) is 0 Å². The number of rotatable bonds is 73. The summed E-state index contributed by atoms with van der Waals surface area (Å²) in [4.78, 5) is 118. The number of phosphoric acid groups is 1. The molecular weight excluding hydrogens is 1340 g/mol. The molecule has 604 valence electrons. The van der Waals surface area contributed by atoms with Gasteiger partial charge in [-0.25, -0.2) is 9.36 Å². The molecule has 2 amide bonds. The zero-order valence-electron chi connectivity index (χ0n) is 65.8. The highest BCUT2D eigenvalue weighted by Gasteiger charge is 2.52. The van der Waals surface area contributed by atoms with Crippen molar-refractivity contribution in [2.75, 3.05) is 13.2 Å². The molecule has 21 nitrogen and oxygen atoms in total. The topological polar surface area (TPSA) is 306 Å². The molecule has 0 aromatic heterocycles. The molecule has 22 heteroatoms. The summed E-state index contributed by atoms with van der Waals surface area (Å²) in [5.41, 5.74) is 0. The van der Waals surface area contributed by atoms with Crippen molar-refractivity contribution in [3.05, 3.63) is 0 Å². The van der Waals surface area contributed by atoms with Gasteiger partial charge in [0.1, 0.15) is 36.6 Å². The lowest BCUT2D eigenvalue weighted by atomic mass is 9.95. The number of phosphoric ester groups is 1. The summed E-state index contributed by atoms with van der Waals surface area (Å²) in [6.07, 6.45) is 38.1. The Labute approximate surface area is 624 Å². The Morgan fingerprint density at radius 1 is 0.398 bits per heavy atom. The fraction of sp³-hybridized carbons (Fsp3) is 0.914. The predicted molar refractivity (Wildman–Crippen MR) is 407 cm³/mol. The zero-order chi connectivity index (χ0) is 75.8. The van der Waals surface area contributed by atoms with Crippen LogP contribution in [-0.2, 0) is 71.1 Å². The van der Waals surface area contributed by atoms with Crippen LogP contribution in [0.1, 0.15) is 408 Å². The molecule has 0 radical (unpaired) electrons. The van der Waals surface area contributed by atoms with Gasteiger partial charge in [-0.1, -0.05) is 311 Å². The van der Waals surface area contributed by atoms with E-state index in [1.54, 1.807) is 0 Å². The van der Waals surface area contributed by atoms with Gasteiger partial charge in [-0.15, -0.1) is 0 Å². The molecule has 0 aliphatic carbocycles. The summed E-state index contributed by atoms with van der Waals surface area (Å²) >= 11 is 0. The van der Waals surface area contributed by atoms with E-state index in [9.17, 15) is 58.1 Å². The fourth-order valence-electron chi connectivity index (χ4n) is 13.5. The Balaban J connectivity index is 3.85. The number of aliphatic hydroxyl groups excluding tert-OH is 1. The number of carbonyl (C=O) groups excluding carboxylic acids is 6. The van der Waals surface area contributed by atoms with Gasteiger partial charge in [-0.3, -0.25) is 33.3 Å². The van der Waals surface area contributed by atoms with E-state index in [2.05, 4.69) is 52.2 Å². The largest absolute Gasteiger partial charge is 0.480 e. The minimum Gasteiger partial charge on any atom is -0.480 e. The molecule has 0 spiro atoms. The van der Waals surface area contributed by atoms with Gasteiger partial charge >= 0.3 is 37.7 Å². The normalized spacial score (nSPS) is 17.3. The van der Waals surface area contributed by atoms with Crippen LogP contribution in [-0.4, -0.2) is 130 Å². The van der Waals surface area contributed by atoms with Gasteiger partial charge in [-0.05, 0) is 57.8 Å². The number of nitrogens with one attached hydrogen (secondary N) is 2. The third-order valence-corrected chi connectivity index (χ3v) is 20.2. The van der Waals surface area contributed by atoms with E-state index < -0.39 is 131 Å². The first-order valence-corrected chi connectivity index (χ1v) is 43.6. The Kier molecular flexibility index (Phi) is 62.8. The Morgan fingerprint density at radius 2 is 0.699 bits per heavy atom. The van der Waals surface area contributed by atoms with Crippen molar-refractivity contribution in [3.8, 4) is 0 Å². The predicted octanol–water partition coefficient (Wildman–Crippen LogP) is 19.3. The molecule has 1 aliphatic rings. The summed E-state index contributed by atoms with van der Waals surface area (Å²) in [5.74, 6) is -5.54. The van der Waals surface area contributed by atoms with Crippen molar-refractivity contribution in [3.63, 3.8) is 0 Å². The van der Waals surface area contributed by atoms with E-state index >= 15 is 0 Å². The second kappa shape index (κ2) is 66.5. The number of hydrogen-bond donors (Lipinski definition) is 6. The number of hydrogen-bond acceptors (Lipinski definition) is 16. The quantitative estimate of drug-likeness (QED) is 0.0143. The van der Waals surface area contributed by atoms with E-state index in [0.29, 0.717) is 51.4 Å². The summed E-state index contributed by atoms with van der Waals surface area (Å²) in [5, 5.41) is 26.9. The molecule has 1 aliphatic heterocycles. The summed E-state index contributed by atoms with van der Waals surface area (Å²) in [6.45, 7) is 11.1. The number of aliphatic hydroxyl groups is 1. The van der Waals surface area contributed by atoms with Crippen molar-refractivity contribution < 1.29 is 91.1 Å². The van der Waals surface area contributed by atoms with E-state index in [4.69, 9.17) is 32.9 Å². The smallest absolute Gasteiger partial charge is 0.470 e. The van der Waals surface area contributed by atoms with E-state index in [-0.39, 0.29) is 32.1 Å². The molecule has 1 rings (SSSR count). The first kappa shape index (κ1) is 97.3. The number of carbonyl (C=O) groups is 7. The minimum absolute atomic E-state index is 0.125. The van der Waals surface area contributed by atoms with Gasteiger partial charge < -0.3 is 59.1 Å². The molecule has 103 heavy (non-hydrogen) atoms. The van der Waals surface area contributed by atoms with Crippen molar-refractivity contribution in [2.24, 2.45) is 0 Å². The third-order valence-electron chi connectivity index (χ3n) is 19.7. The molecule has 0 bridgehead atoms. The van der Waals surface area contributed by atoms with E-state index in [1.165, 1.54) is 44.9 Å². The summed E-state index contributed by atoms with van der Waals surface area (Å²) in [6, 6.07) is -3.60. The first-order chi connectivity index (χ1) is 49.8. The van der Waals surface area contributed by atoms with Crippen LogP contribution in [0.5, 0.6) is 0 Å². The van der Waals surface area contributed by atoms with E-state index in [0.717, 1.165) is 225 Å². The maximum absolute atomic E-state index is 14.8. The van der Waals surface area contributed by atoms with Gasteiger partial charge in [0.25, 0.3) is 0 Å². The molecule has 0 aromatic carbocycles.